The molecule has 1 atom stereocenters. The second-order valence-electron chi connectivity index (χ2n) is 2.86. The molecule has 0 unspecified atom stereocenters. The van der Waals surface area contributed by atoms with E-state index in [2.05, 4.69) is 25.9 Å². The quantitative estimate of drug-likeness (QED) is 0.579. The molecule has 62 valence electrons. The summed E-state index contributed by atoms with van der Waals surface area (Å²) < 4.78 is 5.08. The number of hydrogen-bond donors (Lipinski definition) is 0. The van der Waals surface area contributed by atoms with Crippen LogP contribution in [0.1, 0.15) is 19.8 Å². The first-order chi connectivity index (χ1) is 4.72. The van der Waals surface area contributed by atoms with Gasteiger partial charge in [0.25, 0.3) is 0 Å². The average Bonchev–Trinajstić information content (AvgIpc) is 1.87. The second kappa shape index (κ2) is 5.69. The topological polar surface area (TPSA) is 12.5 Å². The smallest absolute Gasteiger partial charge is 0.0617 e. The SMILES string of the molecule is CCC[C@H](COC)N(C)C. The molecule has 0 aromatic carbocycles. The minimum atomic E-state index is 0.593. The van der Waals surface area contributed by atoms with Crippen LogP contribution in [0.25, 0.3) is 0 Å². The summed E-state index contributed by atoms with van der Waals surface area (Å²) in [7, 11) is 5.95. The zero-order valence-corrected chi connectivity index (χ0v) is 7.55. The molecule has 0 saturated carbocycles. The summed E-state index contributed by atoms with van der Waals surface area (Å²) in [4.78, 5) is 2.22. The fourth-order valence-electron chi connectivity index (χ4n) is 1.02. The van der Waals surface area contributed by atoms with Crippen LogP contribution in [0.15, 0.2) is 0 Å². The summed E-state index contributed by atoms with van der Waals surface area (Å²) in [6, 6.07) is 0.593. The molecule has 0 rings (SSSR count). The number of rotatable bonds is 5. The lowest BCUT2D eigenvalue weighted by molar-refractivity contribution is 0.115. The van der Waals surface area contributed by atoms with Crippen LogP contribution in [0.4, 0.5) is 0 Å². The summed E-state index contributed by atoms with van der Waals surface area (Å²) in [6.45, 7) is 3.05. The normalized spacial score (nSPS) is 14.1. The molecule has 2 nitrogen and oxygen atoms in total. The summed E-state index contributed by atoms with van der Waals surface area (Å²) in [5.74, 6) is 0. The lowest BCUT2D eigenvalue weighted by atomic mass is 10.2. The van der Waals surface area contributed by atoms with E-state index in [1.54, 1.807) is 7.11 Å². The van der Waals surface area contributed by atoms with E-state index in [0.717, 1.165) is 6.61 Å². The first-order valence-corrected chi connectivity index (χ1v) is 3.87. The summed E-state index contributed by atoms with van der Waals surface area (Å²) in [5, 5.41) is 0. The van der Waals surface area contributed by atoms with Crippen molar-refractivity contribution in [1.29, 1.82) is 0 Å². The fraction of sp³-hybridized carbons (Fsp3) is 1.00. The minimum absolute atomic E-state index is 0.593. The molecule has 10 heavy (non-hydrogen) atoms. The van der Waals surface area contributed by atoms with Crippen LogP contribution in [0.3, 0.4) is 0 Å². The number of methoxy groups -OCH3 is 1. The van der Waals surface area contributed by atoms with Gasteiger partial charge in [0.1, 0.15) is 0 Å². The summed E-state index contributed by atoms with van der Waals surface area (Å²) >= 11 is 0. The maximum atomic E-state index is 5.08. The van der Waals surface area contributed by atoms with Gasteiger partial charge in [0.15, 0.2) is 0 Å². The van der Waals surface area contributed by atoms with Crippen molar-refractivity contribution in [2.45, 2.75) is 25.8 Å². The molecule has 0 radical (unpaired) electrons. The molecule has 0 heterocycles. The van der Waals surface area contributed by atoms with E-state index in [0.29, 0.717) is 6.04 Å². The lowest BCUT2D eigenvalue weighted by Gasteiger charge is -2.22. The first kappa shape index (κ1) is 9.92. The molecule has 0 fully saturated rings. The van der Waals surface area contributed by atoms with E-state index in [4.69, 9.17) is 4.74 Å². The summed E-state index contributed by atoms with van der Waals surface area (Å²) in [6.07, 6.45) is 2.45. The van der Waals surface area contributed by atoms with E-state index in [-0.39, 0.29) is 0 Å². The average molecular weight is 145 g/mol. The van der Waals surface area contributed by atoms with Crippen molar-refractivity contribution < 1.29 is 4.74 Å². The van der Waals surface area contributed by atoms with E-state index in [1.807, 2.05) is 0 Å². The third-order valence-electron chi connectivity index (χ3n) is 1.71. The number of likely N-dealkylation sites (N-methyl/N-ethyl adjacent to an activating group) is 1. The molecular formula is C8H19NO. The van der Waals surface area contributed by atoms with Gasteiger partial charge in [0.05, 0.1) is 6.61 Å². The predicted molar refractivity (Wildman–Crippen MR) is 44.3 cm³/mol. The predicted octanol–water partition coefficient (Wildman–Crippen LogP) is 1.36. The van der Waals surface area contributed by atoms with Crippen LogP contribution in [0.2, 0.25) is 0 Å². The molecule has 0 aliphatic heterocycles. The molecule has 0 amide bonds. The molecule has 0 N–H and O–H groups in total. The zero-order valence-electron chi connectivity index (χ0n) is 7.55. The third-order valence-corrected chi connectivity index (χ3v) is 1.71. The Kier molecular flexibility index (Phi) is 5.64. The zero-order chi connectivity index (χ0) is 7.98. The van der Waals surface area contributed by atoms with Gasteiger partial charge in [-0.1, -0.05) is 13.3 Å². The number of nitrogens with zero attached hydrogens (tertiary/aromatic N) is 1. The molecule has 0 aromatic rings. The van der Waals surface area contributed by atoms with Crippen molar-refractivity contribution in [2.24, 2.45) is 0 Å². The van der Waals surface area contributed by atoms with Crippen molar-refractivity contribution >= 4 is 0 Å². The van der Waals surface area contributed by atoms with E-state index in [9.17, 15) is 0 Å². The van der Waals surface area contributed by atoms with Gasteiger partial charge < -0.3 is 9.64 Å². The first-order valence-electron chi connectivity index (χ1n) is 3.87. The largest absolute Gasteiger partial charge is 0.383 e. The Balaban J connectivity index is 3.50. The van der Waals surface area contributed by atoms with E-state index in [1.165, 1.54) is 12.8 Å². The highest BCUT2D eigenvalue weighted by Gasteiger charge is 2.08. The van der Waals surface area contributed by atoms with Gasteiger partial charge in [0.2, 0.25) is 0 Å². The Morgan fingerprint density at radius 2 is 2.00 bits per heavy atom. The molecule has 0 aliphatic carbocycles. The maximum Gasteiger partial charge on any atom is 0.0617 e. The van der Waals surface area contributed by atoms with Gasteiger partial charge in [-0.2, -0.15) is 0 Å². The Bertz CT molecular complexity index is 67.7. The molecule has 0 spiro atoms. The fourth-order valence-corrected chi connectivity index (χ4v) is 1.02. The molecular weight excluding hydrogens is 126 g/mol. The Morgan fingerprint density at radius 3 is 2.30 bits per heavy atom. The van der Waals surface area contributed by atoms with Crippen LogP contribution >= 0.6 is 0 Å². The molecule has 0 aromatic heterocycles. The van der Waals surface area contributed by atoms with Crippen LogP contribution in [0, 0.1) is 0 Å². The molecule has 0 bridgehead atoms. The molecule has 2 heteroatoms. The van der Waals surface area contributed by atoms with E-state index < -0.39 is 0 Å². The van der Waals surface area contributed by atoms with Crippen molar-refractivity contribution in [2.75, 3.05) is 27.8 Å². The lowest BCUT2D eigenvalue weighted by Crippen LogP contribution is -2.31. The van der Waals surface area contributed by atoms with Crippen LogP contribution in [0.5, 0.6) is 0 Å². The van der Waals surface area contributed by atoms with Gasteiger partial charge in [-0.3, -0.25) is 0 Å². The Morgan fingerprint density at radius 1 is 1.40 bits per heavy atom. The highest BCUT2D eigenvalue weighted by molar-refractivity contribution is 4.63. The third kappa shape index (κ3) is 3.85. The van der Waals surface area contributed by atoms with Crippen molar-refractivity contribution in [3.63, 3.8) is 0 Å². The van der Waals surface area contributed by atoms with Gasteiger partial charge in [-0.05, 0) is 20.5 Å². The maximum absolute atomic E-state index is 5.08. The summed E-state index contributed by atoms with van der Waals surface area (Å²) in [5.41, 5.74) is 0. The van der Waals surface area contributed by atoms with Gasteiger partial charge >= 0.3 is 0 Å². The minimum Gasteiger partial charge on any atom is -0.383 e. The van der Waals surface area contributed by atoms with Crippen LogP contribution in [-0.4, -0.2) is 38.8 Å². The van der Waals surface area contributed by atoms with E-state index >= 15 is 0 Å². The second-order valence-corrected chi connectivity index (χ2v) is 2.86. The van der Waals surface area contributed by atoms with Gasteiger partial charge in [-0.25, -0.2) is 0 Å². The van der Waals surface area contributed by atoms with Crippen molar-refractivity contribution in [1.82, 2.24) is 4.90 Å². The van der Waals surface area contributed by atoms with Crippen LogP contribution in [-0.2, 0) is 4.74 Å². The highest BCUT2D eigenvalue weighted by atomic mass is 16.5. The van der Waals surface area contributed by atoms with Gasteiger partial charge in [-0.15, -0.1) is 0 Å². The Labute approximate surface area is 64.2 Å². The van der Waals surface area contributed by atoms with Crippen LogP contribution < -0.4 is 0 Å². The standard InChI is InChI=1S/C8H19NO/c1-5-6-8(7-10-4)9(2)3/h8H,5-7H2,1-4H3/t8-/m1/s1. The van der Waals surface area contributed by atoms with Crippen molar-refractivity contribution in [3.05, 3.63) is 0 Å². The van der Waals surface area contributed by atoms with Crippen molar-refractivity contribution in [3.8, 4) is 0 Å². The molecule has 0 aliphatic rings. The van der Waals surface area contributed by atoms with Gasteiger partial charge in [0, 0.05) is 13.2 Å². The monoisotopic (exact) mass is 145 g/mol. The Hall–Kier alpha value is -0.0800. The number of ether oxygens (including phenoxy) is 1. The highest BCUT2D eigenvalue weighted by Crippen LogP contribution is 2.02. The number of hydrogen-bond acceptors (Lipinski definition) is 2. The molecule has 0 saturated heterocycles.